The van der Waals surface area contributed by atoms with Gasteiger partial charge >= 0.3 is 0 Å². The van der Waals surface area contributed by atoms with Gasteiger partial charge in [-0.3, -0.25) is 0 Å². The molecule has 2 nitrogen and oxygen atoms in total. The Kier molecular flexibility index (Phi) is 3.89. The Morgan fingerprint density at radius 3 is 2.35 bits per heavy atom. The van der Waals surface area contributed by atoms with E-state index in [2.05, 4.69) is 0 Å². The second-order valence-corrected chi connectivity index (χ2v) is 3.97. The molecule has 0 amide bonds. The van der Waals surface area contributed by atoms with Crippen molar-refractivity contribution in [2.24, 2.45) is 0 Å². The first-order valence-electron chi connectivity index (χ1n) is 5.30. The molecule has 0 heterocycles. The molecule has 0 unspecified atom stereocenters. The molecule has 2 aromatic carbocycles. The molecule has 2 rings (SSSR count). The van der Waals surface area contributed by atoms with Crippen LogP contribution < -0.4 is 9.47 Å². The number of para-hydroxylation sites is 1. The predicted octanol–water partition coefficient (Wildman–Crippen LogP) is 3.93. The van der Waals surface area contributed by atoms with E-state index in [9.17, 15) is 0 Å². The fourth-order valence-corrected chi connectivity index (χ4v) is 1.63. The molecule has 0 saturated heterocycles. The summed E-state index contributed by atoms with van der Waals surface area (Å²) < 4.78 is 10.7. The number of benzene rings is 2. The van der Waals surface area contributed by atoms with Crippen molar-refractivity contribution in [3.05, 3.63) is 59.1 Å². The third-order valence-electron chi connectivity index (χ3n) is 2.39. The van der Waals surface area contributed by atoms with Crippen LogP contribution in [0.5, 0.6) is 11.5 Å². The number of ether oxygens (including phenoxy) is 2. The lowest BCUT2D eigenvalue weighted by Gasteiger charge is -2.08. The van der Waals surface area contributed by atoms with Gasteiger partial charge in [0.15, 0.2) is 0 Å². The lowest BCUT2D eigenvalue weighted by atomic mass is 10.2. The maximum Gasteiger partial charge on any atom is 0.138 e. The minimum Gasteiger partial charge on any atom is -0.497 e. The molecule has 0 N–H and O–H groups in total. The molecule has 0 spiro atoms. The Bertz CT molecular complexity index is 480. The van der Waals surface area contributed by atoms with E-state index in [4.69, 9.17) is 21.1 Å². The van der Waals surface area contributed by atoms with E-state index in [1.807, 2.05) is 48.5 Å². The van der Waals surface area contributed by atoms with Crippen LogP contribution in [-0.2, 0) is 6.61 Å². The van der Waals surface area contributed by atoms with E-state index in [-0.39, 0.29) is 0 Å². The molecular weight excluding hydrogens is 236 g/mol. The minimum absolute atomic E-state index is 0.494. The maximum atomic E-state index is 5.99. The Balaban J connectivity index is 2.00. The molecule has 88 valence electrons. The highest BCUT2D eigenvalue weighted by atomic mass is 35.5. The summed E-state index contributed by atoms with van der Waals surface area (Å²) in [5.41, 5.74) is 1.07. The van der Waals surface area contributed by atoms with E-state index in [1.165, 1.54) is 0 Å². The first-order valence-corrected chi connectivity index (χ1v) is 5.67. The van der Waals surface area contributed by atoms with Crippen LogP contribution in [0, 0.1) is 0 Å². The van der Waals surface area contributed by atoms with Gasteiger partial charge < -0.3 is 9.47 Å². The van der Waals surface area contributed by atoms with Gasteiger partial charge in [-0.25, -0.2) is 0 Å². The third kappa shape index (κ3) is 3.14. The highest BCUT2D eigenvalue weighted by molar-refractivity contribution is 6.32. The Morgan fingerprint density at radius 2 is 1.71 bits per heavy atom. The van der Waals surface area contributed by atoms with Crippen molar-refractivity contribution in [3.63, 3.8) is 0 Å². The zero-order valence-electron chi connectivity index (χ0n) is 9.52. The largest absolute Gasteiger partial charge is 0.497 e. The predicted molar refractivity (Wildman–Crippen MR) is 68.8 cm³/mol. The standard InChI is InChI=1S/C14H13ClO2/c1-16-12-8-6-11(7-9-12)10-17-14-5-3-2-4-13(14)15/h2-9H,10H2,1H3. The second-order valence-electron chi connectivity index (χ2n) is 3.57. The lowest BCUT2D eigenvalue weighted by Crippen LogP contribution is -1.95. The minimum atomic E-state index is 0.494. The van der Waals surface area contributed by atoms with Gasteiger partial charge in [0.2, 0.25) is 0 Å². The first kappa shape index (κ1) is 11.8. The molecule has 0 aliphatic rings. The molecule has 0 aliphatic heterocycles. The summed E-state index contributed by atoms with van der Waals surface area (Å²) in [4.78, 5) is 0. The van der Waals surface area contributed by atoms with Crippen LogP contribution >= 0.6 is 11.6 Å². The molecule has 0 saturated carbocycles. The van der Waals surface area contributed by atoms with Crippen molar-refractivity contribution >= 4 is 11.6 Å². The summed E-state index contributed by atoms with van der Waals surface area (Å²) in [5, 5.41) is 0.626. The van der Waals surface area contributed by atoms with Crippen LogP contribution in [0.3, 0.4) is 0 Å². The summed E-state index contributed by atoms with van der Waals surface area (Å²) in [6.07, 6.45) is 0. The fourth-order valence-electron chi connectivity index (χ4n) is 1.44. The highest BCUT2D eigenvalue weighted by Gasteiger charge is 2.00. The normalized spacial score (nSPS) is 10.0. The molecule has 0 aliphatic carbocycles. The number of hydrogen-bond donors (Lipinski definition) is 0. The molecule has 0 bridgehead atoms. The SMILES string of the molecule is COc1ccc(COc2ccccc2Cl)cc1. The zero-order chi connectivity index (χ0) is 12.1. The molecule has 3 heteroatoms. The van der Waals surface area contributed by atoms with Gasteiger partial charge in [-0.05, 0) is 29.8 Å². The van der Waals surface area contributed by atoms with Gasteiger partial charge in [0, 0.05) is 0 Å². The van der Waals surface area contributed by atoms with Gasteiger partial charge in [-0.2, -0.15) is 0 Å². The maximum absolute atomic E-state index is 5.99. The zero-order valence-corrected chi connectivity index (χ0v) is 10.3. The van der Waals surface area contributed by atoms with Crippen LogP contribution in [0.25, 0.3) is 0 Å². The van der Waals surface area contributed by atoms with E-state index in [1.54, 1.807) is 7.11 Å². The van der Waals surface area contributed by atoms with Crippen molar-refractivity contribution in [3.8, 4) is 11.5 Å². The van der Waals surface area contributed by atoms with E-state index < -0.39 is 0 Å². The lowest BCUT2D eigenvalue weighted by molar-refractivity contribution is 0.306. The monoisotopic (exact) mass is 248 g/mol. The summed E-state index contributed by atoms with van der Waals surface area (Å²) in [6.45, 7) is 0.494. The molecule has 0 aromatic heterocycles. The molecule has 2 aromatic rings. The fraction of sp³-hybridized carbons (Fsp3) is 0.143. The van der Waals surface area contributed by atoms with Crippen LogP contribution in [-0.4, -0.2) is 7.11 Å². The van der Waals surface area contributed by atoms with Crippen LogP contribution in [0.15, 0.2) is 48.5 Å². The van der Waals surface area contributed by atoms with Crippen LogP contribution in [0.2, 0.25) is 5.02 Å². The topological polar surface area (TPSA) is 18.5 Å². The van der Waals surface area contributed by atoms with Crippen molar-refractivity contribution in [2.45, 2.75) is 6.61 Å². The van der Waals surface area contributed by atoms with Gasteiger partial charge in [-0.1, -0.05) is 35.9 Å². The summed E-state index contributed by atoms with van der Waals surface area (Å²) in [7, 11) is 1.65. The van der Waals surface area contributed by atoms with Gasteiger partial charge in [-0.15, -0.1) is 0 Å². The van der Waals surface area contributed by atoms with Gasteiger partial charge in [0.1, 0.15) is 18.1 Å². The van der Waals surface area contributed by atoms with Crippen molar-refractivity contribution in [2.75, 3.05) is 7.11 Å². The second kappa shape index (κ2) is 5.60. The molecule has 0 fully saturated rings. The quantitative estimate of drug-likeness (QED) is 0.816. The number of rotatable bonds is 4. The van der Waals surface area contributed by atoms with E-state index >= 15 is 0 Å². The Morgan fingerprint density at radius 1 is 1.00 bits per heavy atom. The Hall–Kier alpha value is -1.67. The number of hydrogen-bond acceptors (Lipinski definition) is 2. The van der Waals surface area contributed by atoms with E-state index in [0.717, 1.165) is 11.3 Å². The van der Waals surface area contributed by atoms with Gasteiger partial charge in [0.05, 0.1) is 12.1 Å². The number of methoxy groups -OCH3 is 1. The van der Waals surface area contributed by atoms with Gasteiger partial charge in [0.25, 0.3) is 0 Å². The van der Waals surface area contributed by atoms with Crippen LogP contribution in [0.1, 0.15) is 5.56 Å². The van der Waals surface area contributed by atoms with Crippen molar-refractivity contribution < 1.29 is 9.47 Å². The molecule has 17 heavy (non-hydrogen) atoms. The summed E-state index contributed by atoms with van der Waals surface area (Å²) in [6, 6.07) is 15.2. The first-order chi connectivity index (χ1) is 8.29. The van der Waals surface area contributed by atoms with E-state index in [0.29, 0.717) is 17.4 Å². The molecule has 0 radical (unpaired) electrons. The van der Waals surface area contributed by atoms with Crippen LogP contribution in [0.4, 0.5) is 0 Å². The smallest absolute Gasteiger partial charge is 0.138 e. The average molecular weight is 249 g/mol. The third-order valence-corrected chi connectivity index (χ3v) is 2.70. The summed E-state index contributed by atoms with van der Waals surface area (Å²) in [5.74, 6) is 1.54. The summed E-state index contributed by atoms with van der Waals surface area (Å²) >= 11 is 5.99. The van der Waals surface area contributed by atoms with Crippen molar-refractivity contribution in [1.29, 1.82) is 0 Å². The molecule has 0 atom stereocenters. The Labute approximate surface area is 106 Å². The molecular formula is C14H13ClO2. The average Bonchev–Trinajstić information content (AvgIpc) is 2.38. The van der Waals surface area contributed by atoms with Crippen molar-refractivity contribution in [1.82, 2.24) is 0 Å². The number of halogens is 1. The highest BCUT2D eigenvalue weighted by Crippen LogP contribution is 2.24.